The molecule has 112 valence electrons. The lowest BCUT2D eigenvalue weighted by Gasteiger charge is -2.11. The molecule has 0 spiro atoms. The Bertz CT molecular complexity index is 573. The van der Waals surface area contributed by atoms with Crippen molar-refractivity contribution in [3.8, 4) is 11.5 Å². The average molecular weight is 307 g/mol. The molecule has 0 atom stereocenters. The fourth-order valence-electron chi connectivity index (χ4n) is 1.87. The normalized spacial score (nSPS) is 10.4. The van der Waals surface area contributed by atoms with E-state index < -0.39 is 0 Å². The van der Waals surface area contributed by atoms with Crippen LogP contribution in [0.25, 0.3) is 0 Å². The summed E-state index contributed by atoms with van der Waals surface area (Å²) in [6, 6.07) is 9.33. The van der Waals surface area contributed by atoms with Gasteiger partial charge in [0.15, 0.2) is 0 Å². The summed E-state index contributed by atoms with van der Waals surface area (Å²) in [7, 11) is 1.63. The first-order valence-corrected chi connectivity index (χ1v) is 7.21. The van der Waals surface area contributed by atoms with Gasteiger partial charge in [-0.1, -0.05) is 18.5 Å². The molecule has 1 aromatic heterocycles. The molecule has 0 aliphatic rings. The van der Waals surface area contributed by atoms with Crippen molar-refractivity contribution < 1.29 is 9.47 Å². The van der Waals surface area contributed by atoms with E-state index in [0.29, 0.717) is 11.6 Å². The van der Waals surface area contributed by atoms with Gasteiger partial charge in [0.05, 0.1) is 19.0 Å². The Morgan fingerprint density at radius 1 is 1.24 bits per heavy atom. The highest BCUT2D eigenvalue weighted by atomic mass is 35.5. The topological polar surface area (TPSA) is 43.4 Å². The van der Waals surface area contributed by atoms with Crippen molar-refractivity contribution in [1.29, 1.82) is 0 Å². The molecule has 0 fully saturated rings. The minimum Gasteiger partial charge on any atom is -0.496 e. The molecule has 0 aliphatic carbocycles. The van der Waals surface area contributed by atoms with E-state index in [4.69, 9.17) is 21.1 Å². The highest BCUT2D eigenvalue weighted by Crippen LogP contribution is 2.24. The molecule has 2 rings (SSSR count). The summed E-state index contributed by atoms with van der Waals surface area (Å²) in [5.74, 6) is 1.48. The van der Waals surface area contributed by atoms with Crippen molar-refractivity contribution in [2.45, 2.75) is 20.1 Å². The summed E-state index contributed by atoms with van der Waals surface area (Å²) < 4.78 is 11.0. The van der Waals surface area contributed by atoms with Crippen LogP contribution >= 0.6 is 11.6 Å². The second-order valence-corrected chi connectivity index (χ2v) is 4.95. The van der Waals surface area contributed by atoms with Crippen LogP contribution in [0.15, 0.2) is 36.5 Å². The Hall–Kier alpha value is -1.78. The minimum absolute atomic E-state index is 0.387. The number of nitrogens with zero attached hydrogens (tertiary/aromatic N) is 1. The summed E-state index contributed by atoms with van der Waals surface area (Å²) in [5.41, 5.74) is 1.89. The van der Waals surface area contributed by atoms with Gasteiger partial charge >= 0.3 is 0 Å². The van der Waals surface area contributed by atoms with Gasteiger partial charge < -0.3 is 14.8 Å². The van der Waals surface area contributed by atoms with Gasteiger partial charge in [0.2, 0.25) is 0 Å². The molecule has 2 aromatic rings. The number of pyridine rings is 1. The molecule has 0 saturated carbocycles. The summed E-state index contributed by atoms with van der Waals surface area (Å²) in [5, 5.41) is 3.89. The minimum atomic E-state index is 0.387. The molecular weight excluding hydrogens is 288 g/mol. The molecule has 0 radical (unpaired) electrons. The van der Waals surface area contributed by atoms with Gasteiger partial charge in [0.1, 0.15) is 18.1 Å². The Kier molecular flexibility index (Phi) is 5.84. The maximum Gasteiger partial charge on any atom is 0.138 e. The number of halogens is 1. The summed E-state index contributed by atoms with van der Waals surface area (Å²) >= 11 is 5.99. The monoisotopic (exact) mass is 306 g/mol. The third kappa shape index (κ3) is 4.62. The average Bonchev–Trinajstić information content (AvgIpc) is 2.52. The summed E-state index contributed by atoms with van der Waals surface area (Å²) in [6.07, 6.45) is 1.73. The number of hydrogen-bond donors (Lipinski definition) is 1. The summed E-state index contributed by atoms with van der Waals surface area (Å²) in [6.45, 7) is 4.14. The van der Waals surface area contributed by atoms with Crippen LogP contribution in [-0.2, 0) is 13.2 Å². The van der Waals surface area contributed by atoms with E-state index in [9.17, 15) is 0 Å². The lowest BCUT2D eigenvalue weighted by molar-refractivity contribution is 0.295. The first-order valence-electron chi connectivity index (χ1n) is 6.83. The van der Waals surface area contributed by atoms with Gasteiger partial charge in [0, 0.05) is 17.1 Å². The van der Waals surface area contributed by atoms with E-state index in [0.717, 1.165) is 35.8 Å². The molecule has 21 heavy (non-hydrogen) atoms. The molecule has 1 aromatic carbocycles. The predicted octanol–water partition coefficient (Wildman–Crippen LogP) is 3.43. The standard InChI is InChI=1S/C16H19ClN2O2/c1-3-18-9-14-5-6-15(10-19-14)21-11-12-8-13(17)4-7-16(12)20-2/h4-8,10,18H,3,9,11H2,1-2H3. The third-order valence-electron chi connectivity index (χ3n) is 2.99. The molecule has 1 N–H and O–H groups in total. The first-order chi connectivity index (χ1) is 10.2. The zero-order chi connectivity index (χ0) is 15.1. The molecule has 4 nitrogen and oxygen atoms in total. The smallest absolute Gasteiger partial charge is 0.138 e. The number of benzene rings is 1. The number of rotatable bonds is 7. The van der Waals surface area contributed by atoms with Gasteiger partial charge in [-0.05, 0) is 36.9 Å². The Morgan fingerprint density at radius 2 is 2.10 bits per heavy atom. The van der Waals surface area contributed by atoms with Crippen LogP contribution in [0.2, 0.25) is 5.02 Å². The zero-order valence-corrected chi connectivity index (χ0v) is 13.0. The Labute approximate surface area is 130 Å². The van der Waals surface area contributed by atoms with Crippen molar-refractivity contribution in [2.75, 3.05) is 13.7 Å². The van der Waals surface area contributed by atoms with Crippen LogP contribution in [0.4, 0.5) is 0 Å². The van der Waals surface area contributed by atoms with Crippen LogP contribution in [0.1, 0.15) is 18.2 Å². The Morgan fingerprint density at radius 3 is 2.76 bits per heavy atom. The van der Waals surface area contributed by atoms with Crippen molar-refractivity contribution in [3.05, 3.63) is 52.8 Å². The lowest BCUT2D eigenvalue weighted by atomic mass is 10.2. The number of nitrogens with one attached hydrogen (secondary N) is 1. The predicted molar refractivity (Wildman–Crippen MR) is 84.0 cm³/mol. The van der Waals surface area contributed by atoms with Crippen molar-refractivity contribution >= 4 is 11.6 Å². The maximum atomic E-state index is 5.99. The molecule has 1 heterocycles. The van der Waals surface area contributed by atoms with Crippen LogP contribution < -0.4 is 14.8 Å². The number of hydrogen-bond acceptors (Lipinski definition) is 4. The van der Waals surface area contributed by atoms with Crippen LogP contribution in [0.3, 0.4) is 0 Å². The van der Waals surface area contributed by atoms with Crippen LogP contribution in [0, 0.1) is 0 Å². The third-order valence-corrected chi connectivity index (χ3v) is 3.23. The van der Waals surface area contributed by atoms with E-state index >= 15 is 0 Å². The van der Waals surface area contributed by atoms with E-state index in [1.165, 1.54) is 0 Å². The van der Waals surface area contributed by atoms with Crippen LogP contribution in [-0.4, -0.2) is 18.6 Å². The second-order valence-electron chi connectivity index (χ2n) is 4.51. The number of methoxy groups -OCH3 is 1. The second kappa shape index (κ2) is 7.86. The first kappa shape index (κ1) is 15.6. The molecule has 0 saturated heterocycles. The molecule has 0 bridgehead atoms. The SMILES string of the molecule is CCNCc1ccc(OCc2cc(Cl)ccc2OC)cn1. The highest BCUT2D eigenvalue weighted by molar-refractivity contribution is 6.30. The van der Waals surface area contributed by atoms with Crippen LogP contribution in [0.5, 0.6) is 11.5 Å². The van der Waals surface area contributed by atoms with Gasteiger partial charge in [-0.2, -0.15) is 0 Å². The fraction of sp³-hybridized carbons (Fsp3) is 0.312. The van der Waals surface area contributed by atoms with E-state index in [2.05, 4.69) is 17.2 Å². The van der Waals surface area contributed by atoms with E-state index in [1.54, 1.807) is 19.4 Å². The molecule has 0 aliphatic heterocycles. The van der Waals surface area contributed by atoms with Crippen molar-refractivity contribution in [1.82, 2.24) is 10.3 Å². The largest absolute Gasteiger partial charge is 0.496 e. The lowest BCUT2D eigenvalue weighted by Crippen LogP contribution is -2.12. The molecule has 0 unspecified atom stereocenters. The number of aromatic nitrogens is 1. The molecular formula is C16H19ClN2O2. The summed E-state index contributed by atoms with van der Waals surface area (Å²) in [4.78, 5) is 4.34. The van der Waals surface area contributed by atoms with E-state index in [-0.39, 0.29) is 0 Å². The maximum absolute atomic E-state index is 5.99. The van der Waals surface area contributed by atoms with Gasteiger partial charge in [-0.15, -0.1) is 0 Å². The van der Waals surface area contributed by atoms with Gasteiger partial charge in [-0.25, -0.2) is 0 Å². The molecule has 5 heteroatoms. The fourth-order valence-corrected chi connectivity index (χ4v) is 2.07. The van der Waals surface area contributed by atoms with Crippen molar-refractivity contribution in [2.24, 2.45) is 0 Å². The molecule has 0 amide bonds. The number of ether oxygens (including phenoxy) is 2. The quantitative estimate of drug-likeness (QED) is 0.851. The van der Waals surface area contributed by atoms with E-state index in [1.807, 2.05) is 24.3 Å². The highest BCUT2D eigenvalue weighted by Gasteiger charge is 2.05. The van der Waals surface area contributed by atoms with Gasteiger partial charge in [0.25, 0.3) is 0 Å². The zero-order valence-electron chi connectivity index (χ0n) is 12.2. The van der Waals surface area contributed by atoms with Crippen molar-refractivity contribution in [3.63, 3.8) is 0 Å². The van der Waals surface area contributed by atoms with Gasteiger partial charge in [-0.3, -0.25) is 4.98 Å². The Balaban J connectivity index is 1.98.